The van der Waals surface area contributed by atoms with Crippen LogP contribution in [0.5, 0.6) is 5.75 Å². The first-order chi connectivity index (χ1) is 10.1. The summed E-state index contributed by atoms with van der Waals surface area (Å²) in [4.78, 5) is 13.5. The van der Waals surface area contributed by atoms with Gasteiger partial charge >= 0.3 is 0 Å². The second kappa shape index (κ2) is 6.36. The van der Waals surface area contributed by atoms with Gasteiger partial charge in [0, 0.05) is 13.1 Å². The average Bonchev–Trinajstić information content (AvgIpc) is 2.86. The van der Waals surface area contributed by atoms with Crippen molar-refractivity contribution in [2.45, 2.75) is 6.92 Å². The predicted octanol–water partition coefficient (Wildman–Crippen LogP) is 1.17. The van der Waals surface area contributed by atoms with Crippen molar-refractivity contribution in [1.82, 2.24) is 14.7 Å². The van der Waals surface area contributed by atoms with Gasteiger partial charge in [0.1, 0.15) is 11.5 Å². The summed E-state index contributed by atoms with van der Waals surface area (Å²) in [6.45, 7) is 2.07. The van der Waals surface area contributed by atoms with E-state index in [2.05, 4.69) is 5.10 Å². The molecule has 1 aromatic carbocycles. The monoisotopic (exact) mass is 293 g/mol. The van der Waals surface area contributed by atoms with Gasteiger partial charge in [-0.2, -0.15) is 5.10 Å². The molecule has 1 aromatic heterocycles. The molecule has 0 atom stereocenters. The largest absolute Gasteiger partial charge is 0.504 e. The Balaban J connectivity index is 2.36. The molecule has 0 saturated heterocycles. The van der Waals surface area contributed by atoms with Crippen molar-refractivity contribution in [2.75, 3.05) is 19.7 Å². The molecular formula is C14H16FN3O3. The molecule has 0 aliphatic carbocycles. The third kappa shape index (κ3) is 3.03. The molecule has 0 aliphatic heterocycles. The maximum atomic E-state index is 13.7. The summed E-state index contributed by atoms with van der Waals surface area (Å²) in [6, 6.07) is 5.91. The minimum absolute atomic E-state index is 0.136. The Labute approximate surface area is 121 Å². The number of carbonyl (C=O) groups excluding carboxylic acids is 1. The summed E-state index contributed by atoms with van der Waals surface area (Å²) in [5.41, 5.74) is -0.0365. The van der Waals surface area contributed by atoms with Crippen molar-refractivity contribution in [3.63, 3.8) is 0 Å². The van der Waals surface area contributed by atoms with E-state index in [-0.39, 0.29) is 30.3 Å². The lowest BCUT2D eigenvalue weighted by atomic mass is 10.3. The van der Waals surface area contributed by atoms with Crippen LogP contribution in [-0.2, 0) is 0 Å². The quantitative estimate of drug-likeness (QED) is 0.867. The second-order valence-electron chi connectivity index (χ2n) is 4.37. The molecule has 0 fully saturated rings. The van der Waals surface area contributed by atoms with Crippen LogP contribution in [0.2, 0.25) is 0 Å². The first-order valence-electron chi connectivity index (χ1n) is 6.52. The number of aromatic nitrogens is 2. The van der Waals surface area contributed by atoms with Crippen molar-refractivity contribution >= 4 is 5.91 Å². The summed E-state index contributed by atoms with van der Waals surface area (Å²) in [6.07, 6.45) is 1.18. The Morgan fingerprint density at radius 2 is 2.14 bits per heavy atom. The van der Waals surface area contributed by atoms with Gasteiger partial charge in [0.2, 0.25) is 0 Å². The van der Waals surface area contributed by atoms with Crippen molar-refractivity contribution in [3.05, 3.63) is 42.0 Å². The van der Waals surface area contributed by atoms with Crippen LogP contribution in [0.3, 0.4) is 0 Å². The Hall–Kier alpha value is -2.41. The molecule has 2 aromatic rings. The molecule has 0 aliphatic rings. The van der Waals surface area contributed by atoms with Crippen molar-refractivity contribution < 1.29 is 19.4 Å². The summed E-state index contributed by atoms with van der Waals surface area (Å²) in [5, 5.41) is 22.7. The number of likely N-dealkylation sites (N-methyl/N-ethyl adjacent to an activating group) is 1. The van der Waals surface area contributed by atoms with Gasteiger partial charge in [-0.1, -0.05) is 12.1 Å². The molecule has 21 heavy (non-hydrogen) atoms. The van der Waals surface area contributed by atoms with E-state index in [1.807, 2.05) is 0 Å². The van der Waals surface area contributed by atoms with Crippen LogP contribution in [0.4, 0.5) is 4.39 Å². The lowest BCUT2D eigenvalue weighted by Gasteiger charge is -2.18. The summed E-state index contributed by atoms with van der Waals surface area (Å²) in [7, 11) is 0. The first-order valence-corrected chi connectivity index (χ1v) is 6.52. The Morgan fingerprint density at radius 3 is 2.76 bits per heavy atom. The molecule has 0 radical (unpaired) electrons. The molecule has 0 saturated carbocycles. The van der Waals surface area contributed by atoms with Crippen LogP contribution < -0.4 is 0 Å². The topological polar surface area (TPSA) is 78.6 Å². The molecule has 2 rings (SSSR count). The van der Waals surface area contributed by atoms with Gasteiger partial charge in [-0.05, 0) is 19.1 Å². The Morgan fingerprint density at radius 1 is 1.43 bits per heavy atom. The van der Waals surface area contributed by atoms with Crippen molar-refractivity contribution in [1.29, 1.82) is 0 Å². The highest BCUT2D eigenvalue weighted by molar-refractivity contribution is 5.94. The van der Waals surface area contributed by atoms with E-state index in [1.165, 1.54) is 29.3 Å². The molecule has 6 nitrogen and oxygen atoms in total. The van der Waals surface area contributed by atoms with E-state index in [0.717, 1.165) is 4.68 Å². The maximum absolute atomic E-state index is 13.7. The normalized spacial score (nSPS) is 10.6. The number of hydrogen-bond acceptors (Lipinski definition) is 4. The van der Waals surface area contributed by atoms with Crippen LogP contribution in [0, 0.1) is 5.82 Å². The third-order valence-electron chi connectivity index (χ3n) is 3.04. The number of aliphatic hydroxyl groups excluding tert-OH is 1. The Bertz CT molecular complexity index is 642. The number of nitrogens with zero attached hydrogens (tertiary/aromatic N) is 3. The fourth-order valence-electron chi connectivity index (χ4n) is 1.95. The van der Waals surface area contributed by atoms with Crippen molar-refractivity contribution in [3.8, 4) is 11.4 Å². The number of rotatable bonds is 5. The fourth-order valence-corrected chi connectivity index (χ4v) is 1.95. The van der Waals surface area contributed by atoms with Gasteiger partial charge in [-0.25, -0.2) is 9.07 Å². The van der Waals surface area contributed by atoms with Gasteiger partial charge < -0.3 is 15.1 Å². The number of hydrogen-bond donors (Lipinski definition) is 2. The van der Waals surface area contributed by atoms with Crippen LogP contribution in [0.25, 0.3) is 5.69 Å². The number of carbonyl (C=O) groups is 1. The van der Waals surface area contributed by atoms with Gasteiger partial charge in [0.05, 0.1) is 12.8 Å². The highest BCUT2D eigenvalue weighted by Crippen LogP contribution is 2.21. The molecule has 112 valence electrons. The van der Waals surface area contributed by atoms with E-state index < -0.39 is 11.7 Å². The number of aliphatic hydroxyl groups is 1. The predicted molar refractivity (Wildman–Crippen MR) is 73.9 cm³/mol. The third-order valence-corrected chi connectivity index (χ3v) is 3.04. The number of para-hydroxylation sites is 1. The number of aromatic hydroxyl groups is 1. The number of benzene rings is 1. The highest BCUT2D eigenvalue weighted by atomic mass is 19.1. The van der Waals surface area contributed by atoms with Crippen molar-refractivity contribution in [2.24, 2.45) is 0 Å². The van der Waals surface area contributed by atoms with E-state index in [0.29, 0.717) is 6.54 Å². The smallest absolute Gasteiger partial charge is 0.278 e. The molecule has 1 amide bonds. The zero-order valence-corrected chi connectivity index (χ0v) is 11.5. The molecule has 0 bridgehead atoms. The molecule has 2 N–H and O–H groups in total. The molecular weight excluding hydrogens is 277 g/mol. The fraction of sp³-hybridized carbons (Fsp3) is 0.286. The summed E-state index contributed by atoms with van der Waals surface area (Å²) < 4.78 is 14.8. The highest BCUT2D eigenvalue weighted by Gasteiger charge is 2.22. The van der Waals surface area contributed by atoms with Crippen LogP contribution in [0.15, 0.2) is 30.5 Å². The molecule has 7 heteroatoms. The molecule has 1 heterocycles. The second-order valence-corrected chi connectivity index (χ2v) is 4.37. The minimum Gasteiger partial charge on any atom is -0.504 e. The zero-order valence-electron chi connectivity index (χ0n) is 11.5. The summed E-state index contributed by atoms with van der Waals surface area (Å²) in [5.74, 6) is -1.36. The van der Waals surface area contributed by atoms with E-state index in [9.17, 15) is 14.3 Å². The van der Waals surface area contributed by atoms with E-state index in [1.54, 1.807) is 13.0 Å². The lowest BCUT2D eigenvalue weighted by Crippen LogP contribution is -2.33. The zero-order chi connectivity index (χ0) is 15.4. The molecule has 0 spiro atoms. The van der Waals surface area contributed by atoms with Gasteiger partial charge in [-0.15, -0.1) is 0 Å². The van der Waals surface area contributed by atoms with Crippen LogP contribution in [0.1, 0.15) is 17.4 Å². The number of amides is 1. The van der Waals surface area contributed by atoms with Gasteiger partial charge in [-0.3, -0.25) is 4.79 Å². The Kier molecular flexibility index (Phi) is 4.54. The average molecular weight is 293 g/mol. The SMILES string of the molecule is CCN(CCO)C(=O)c1nn(-c2ccccc2F)cc1O. The van der Waals surface area contributed by atoms with Gasteiger partial charge in [0.15, 0.2) is 11.4 Å². The first kappa shape index (κ1) is 15.0. The lowest BCUT2D eigenvalue weighted by molar-refractivity contribution is 0.0722. The summed E-state index contributed by atoms with van der Waals surface area (Å²) >= 11 is 0. The van der Waals surface area contributed by atoms with Crippen LogP contribution >= 0.6 is 0 Å². The standard InChI is InChI=1S/C14H16FN3O3/c1-2-17(7-8-19)14(21)13-12(20)9-18(16-13)11-6-4-3-5-10(11)15/h3-6,9,19-20H,2,7-8H2,1H3. The maximum Gasteiger partial charge on any atom is 0.278 e. The molecule has 0 unspecified atom stereocenters. The van der Waals surface area contributed by atoms with Gasteiger partial charge in [0.25, 0.3) is 5.91 Å². The minimum atomic E-state index is -0.515. The van der Waals surface area contributed by atoms with E-state index >= 15 is 0 Å². The van der Waals surface area contributed by atoms with E-state index in [4.69, 9.17) is 5.11 Å². The van der Waals surface area contributed by atoms with Crippen LogP contribution in [-0.4, -0.2) is 50.5 Å². The number of halogens is 1.